The van der Waals surface area contributed by atoms with Crippen molar-refractivity contribution in [3.8, 4) is 5.75 Å². The van der Waals surface area contributed by atoms with Gasteiger partial charge < -0.3 is 10.1 Å². The number of nitrogens with zero attached hydrogens (tertiary/aromatic N) is 1. The summed E-state index contributed by atoms with van der Waals surface area (Å²) in [6.07, 6.45) is -1.89. The van der Waals surface area contributed by atoms with Gasteiger partial charge in [0.15, 0.2) is 0 Å². The zero-order valence-electron chi connectivity index (χ0n) is 11.9. The predicted octanol–water partition coefficient (Wildman–Crippen LogP) is 4.29. The molecule has 0 fully saturated rings. The Hall–Kier alpha value is -2.21. The third-order valence-electron chi connectivity index (χ3n) is 2.69. The highest BCUT2D eigenvalue weighted by atomic mass is 35.5. The predicted molar refractivity (Wildman–Crippen MR) is 79.6 cm³/mol. The van der Waals surface area contributed by atoms with Crippen molar-refractivity contribution >= 4 is 23.2 Å². The van der Waals surface area contributed by atoms with Crippen LogP contribution in [0, 0.1) is 6.92 Å². The fourth-order valence-corrected chi connectivity index (χ4v) is 1.80. The van der Waals surface area contributed by atoms with Gasteiger partial charge in [0.25, 0.3) is 5.91 Å². The van der Waals surface area contributed by atoms with E-state index in [0.717, 1.165) is 0 Å². The van der Waals surface area contributed by atoms with E-state index < -0.39 is 6.11 Å². The van der Waals surface area contributed by atoms with E-state index in [1.807, 2.05) is 0 Å². The standard InChI is InChI=1S/C15H13ClF2N2O2/c1-9-7-10(8-19-13(9)16)14(21)20-11-3-5-12(6-4-11)22-15(2,17)18/h3-8H,1-2H3,(H,20,21). The third kappa shape index (κ3) is 4.39. The molecule has 2 rings (SSSR count). The highest BCUT2D eigenvalue weighted by Crippen LogP contribution is 2.23. The Bertz CT molecular complexity index is 685. The molecule has 0 aliphatic heterocycles. The number of nitrogens with one attached hydrogen (secondary N) is 1. The van der Waals surface area contributed by atoms with E-state index in [-0.39, 0.29) is 11.7 Å². The number of carbonyl (C=O) groups excluding carboxylic acids is 1. The lowest BCUT2D eigenvalue weighted by Gasteiger charge is -2.13. The Labute approximate surface area is 131 Å². The van der Waals surface area contributed by atoms with Crippen LogP contribution in [0.3, 0.4) is 0 Å². The van der Waals surface area contributed by atoms with Crippen LogP contribution in [0.15, 0.2) is 36.5 Å². The molecule has 0 atom stereocenters. The molecule has 0 aliphatic carbocycles. The number of hydrogen-bond donors (Lipinski definition) is 1. The highest BCUT2D eigenvalue weighted by Gasteiger charge is 2.22. The van der Waals surface area contributed by atoms with E-state index in [0.29, 0.717) is 28.9 Å². The van der Waals surface area contributed by atoms with Gasteiger partial charge in [0.2, 0.25) is 0 Å². The number of anilines is 1. The fraction of sp³-hybridized carbons (Fsp3) is 0.200. The third-order valence-corrected chi connectivity index (χ3v) is 3.08. The van der Waals surface area contributed by atoms with Crippen LogP contribution in [0.5, 0.6) is 5.75 Å². The van der Waals surface area contributed by atoms with Crippen molar-refractivity contribution in [1.82, 2.24) is 4.98 Å². The van der Waals surface area contributed by atoms with E-state index >= 15 is 0 Å². The van der Waals surface area contributed by atoms with Crippen molar-refractivity contribution in [3.05, 3.63) is 52.8 Å². The molecule has 0 bridgehead atoms. The van der Waals surface area contributed by atoms with Crippen LogP contribution in [0.2, 0.25) is 5.15 Å². The summed E-state index contributed by atoms with van der Waals surface area (Å²) in [5, 5.41) is 2.96. The molecule has 0 aliphatic rings. The average Bonchev–Trinajstić information content (AvgIpc) is 2.42. The second kappa shape index (κ2) is 6.27. The van der Waals surface area contributed by atoms with Gasteiger partial charge in [-0.3, -0.25) is 4.79 Å². The molecule has 0 radical (unpaired) electrons. The normalized spacial score (nSPS) is 11.1. The number of alkyl halides is 2. The first kappa shape index (κ1) is 16.2. The first-order valence-electron chi connectivity index (χ1n) is 6.35. The molecule has 0 saturated carbocycles. The van der Waals surface area contributed by atoms with Gasteiger partial charge in [-0.1, -0.05) is 11.6 Å². The van der Waals surface area contributed by atoms with Gasteiger partial charge >= 0.3 is 6.11 Å². The fourth-order valence-electron chi connectivity index (χ4n) is 1.70. The smallest absolute Gasteiger partial charge is 0.394 e. The van der Waals surface area contributed by atoms with E-state index in [1.165, 1.54) is 30.5 Å². The molecule has 1 aromatic heterocycles. The van der Waals surface area contributed by atoms with Gasteiger partial charge in [0.1, 0.15) is 10.9 Å². The van der Waals surface area contributed by atoms with Crippen molar-refractivity contribution in [2.45, 2.75) is 20.0 Å². The Balaban J connectivity index is 2.07. The monoisotopic (exact) mass is 326 g/mol. The topological polar surface area (TPSA) is 51.2 Å². The molecule has 2 aromatic rings. The van der Waals surface area contributed by atoms with E-state index in [4.69, 9.17) is 11.6 Å². The number of benzene rings is 1. The zero-order valence-corrected chi connectivity index (χ0v) is 12.6. The number of carbonyl (C=O) groups is 1. The summed E-state index contributed by atoms with van der Waals surface area (Å²) >= 11 is 5.80. The van der Waals surface area contributed by atoms with Crippen LogP contribution in [-0.4, -0.2) is 17.0 Å². The Morgan fingerprint density at radius 1 is 1.32 bits per heavy atom. The lowest BCUT2D eigenvalue weighted by molar-refractivity contribution is -0.158. The van der Waals surface area contributed by atoms with Crippen LogP contribution in [0.1, 0.15) is 22.8 Å². The number of amides is 1. The van der Waals surface area contributed by atoms with Crippen molar-refractivity contribution in [2.75, 3.05) is 5.32 Å². The lowest BCUT2D eigenvalue weighted by atomic mass is 10.2. The van der Waals surface area contributed by atoms with Gasteiger partial charge in [-0.05, 0) is 42.8 Å². The molecule has 4 nitrogen and oxygen atoms in total. The zero-order chi connectivity index (χ0) is 16.3. The summed E-state index contributed by atoms with van der Waals surface area (Å²) in [4.78, 5) is 15.9. The van der Waals surface area contributed by atoms with Crippen LogP contribution >= 0.6 is 11.6 Å². The summed E-state index contributed by atoms with van der Waals surface area (Å²) in [5.41, 5.74) is 1.48. The number of halogens is 3. The van der Waals surface area contributed by atoms with Crippen molar-refractivity contribution in [3.63, 3.8) is 0 Å². The summed E-state index contributed by atoms with van der Waals surface area (Å²) in [6.45, 7) is 2.39. The van der Waals surface area contributed by atoms with Gasteiger partial charge in [-0.15, -0.1) is 0 Å². The second-order valence-electron chi connectivity index (χ2n) is 4.72. The Morgan fingerprint density at radius 2 is 1.95 bits per heavy atom. The molecule has 1 aromatic carbocycles. The van der Waals surface area contributed by atoms with Crippen molar-refractivity contribution in [2.24, 2.45) is 0 Å². The molecule has 1 N–H and O–H groups in total. The van der Waals surface area contributed by atoms with Gasteiger partial charge in [-0.25, -0.2) is 4.98 Å². The number of aromatic nitrogens is 1. The molecular weight excluding hydrogens is 314 g/mol. The summed E-state index contributed by atoms with van der Waals surface area (Å²) < 4.78 is 29.8. The number of hydrogen-bond acceptors (Lipinski definition) is 3. The number of ether oxygens (including phenoxy) is 1. The van der Waals surface area contributed by atoms with Gasteiger partial charge in [0.05, 0.1) is 5.56 Å². The van der Waals surface area contributed by atoms with E-state index in [1.54, 1.807) is 13.0 Å². The van der Waals surface area contributed by atoms with Crippen LogP contribution in [0.4, 0.5) is 14.5 Å². The Kier molecular flexibility index (Phi) is 4.61. The van der Waals surface area contributed by atoms with Crippen LogP contribution < -0.4 is 10.1 Å². The molecular formula is C15H13ClF2N2O2. The molecule has 7 heteroatoms. The molecule has 1 heterocycles. The second-order valence-corrected chi connectivity index (χ2v) is 5.08. The maximum absolute atomic E-state index is 12.7. The SMILES string of the molecule is Cc1cc(C(=O)Nc2ccc(OC(C)(F)F)cc2)cnc1Cl. The molecule has 0 spiro atoms. The van der Waals surface area contributed by atoms with E-state index in [9.17, 15) is 13.6 Å². The quantitative estimate of drug-likeness (QED) is 0.853. The van der Waals surface area contributed by atoms with Crippen LogP contribution in [0.25, 0.3) is 0 Å². The first-order valence-corrected chi connectivity index (χ1v) is 6.73. The first-order chi connectivity index (χ1) is 10.2. The number of rotatable bonds is 4. The van der Waals surface area contributed by atoms with Crippen molar-refractivity contribution in [1.29, 1.82) is 0 Å². The number of aryl methyl sites for hydroxylation is 1. The summed E-state index contributed by atoms with van der Waals surface area (Å²) in [6, 6.07) is 7.24. The highest BCUT2D eigenvalue weighted by molar-refractivity contribution is 6.30. The minimum absolute atomic E-state index is 0.00880. The van der Waals surface area contributed by atoms with E-state index in [2.05, 4.69) is 15.0 Å². The van der Waals surface area contributed by atoms with Gasteiger partial charge in [0, 0.05) is 18.8 Å². The minimum Gasteiger partial charge on any atom is -0.433 e. The largest absolute Gasteiger partial charge is 0.433 e. The minimum atomic E-state index is -3.25. The van der Waals surface area contributed by atoms with Gasteiger partial charge in [-0.2, -0.15) is 8.78 Å². The van der Waals surface area contributed by atoms with Crippen LogP contribution in [-0.2, 0) is 0 Å². The molecule has 22 heavy (non-hydrogen) atoms. The average molecular weight is 327 g/mol. The molecule has 1 amide bonds. The maximum atomic E-state index is 12.7. The lowest BCUT2D eigenvalue weighted by Crippen LogP contribution is -2.19. The number of pyridine rings is 1. The summed E-state index contributed by atoms with van der Waals surface area (Å²) in [5.74, 6) is -0.365. The molecule has 0 saturated heterocycles. The maximum Gasteiger partial charge on any atom is 0.394 e. The Morgan fingerprint density at radius 3 is 2.50 bits per heavy atom. The van der Waals surface area contributed by atoms with Crippen molar-refractivity contribution < 1.29 is 18.3 Å². The molecule has 0 unspecified atom stereocenters. The molecule has 116 valence electrons. The summed E-state index contributed by atoms with van der Waals surface area (Å²) in [7, 11) is 0.